The first-order valence-electron chi connectivity index (χ1n) is 5.20. The number of imidazole rings is 1. The zero-order valence-corrected chi connectivity index (χ0v) is 9.17. The van der Waals surface area contributed by atoms with Crippen LogP contribution in [0.1, 0.15) is 6.92 Å². The average Bonchev–Trinajstić information content (AvgIpc) is 2.83. The minimum atomic E-state index is 0.251. The largest absolute Gasteiger partial charge is 0.380 e. The molecule has 2 aromatic rings. The molecule has 2 aromatic heterocycles. The second kappa shape index (κ2) is 4.76. The summed E-state index contributed by atoms with van der Waals surface area (Å²) in [7, 11) is 0. The molecule has 0 saturated carbocycles. The number of anilines is 1. The van der Waals surface area contributed by atoms with Crippen LogP contribution in [0, 0.1) is 0 Å². The fraction of sp³-hybridized carbons (Fsp3) is 0.273. The van der Waals surface area contributed by atoms with Gasteiger partial charge >= 0.3 is 0 Å². The molecule has 3 N–H and O–H groups in total. The number of hydrogen-bond donors (Lipinski definition) is 2. The fourth-order valence-electron chi connectivity index (χ4n) is 1.36. The van der Waals surface area contributed by atoms with Gasteiger partial charge in [0.2, 0.25) is 0 Å². The van der Waals surface area contributed by atoms with Gasteiger partial charge in [0.25, 0.3) is 0 Å². The van der Waals surface area contributed by atoms with Gasteiger partial charge in [0, 0.05) is 25.0 Å². The molecule has 0 aromatic carbocycles. The van der Waals surface area contributed by atoms with Crippen molar-refractivity contribution in [2.45, 2.75) is 13.0 Å². The van der Waals surface area contributed by atoms with Gasteiger partial charge in [-0.25, -0.2) is 9.97 Å². The van der Waals surface area contributed by atoms with Crippen LogP contribution in [0.5, 0.6) is 0 Å². The van der Waals surface area contributed by atoms with Gasteiger partial charge in [-0.15, -0.1) is 0 Å². The average molecular weight is 217 g/mol. The third-order valence-electron chi connectivity index (χ3n) is 2.28. The number of rotatable bonds is 4. The first kappa shape index (κ1) is 10.6. The van der Waals surface area contributed by atoms with Crippen molar-refractivity contribution in [2.24, 2.45) is 5.73 Å². The SMILES string of the molecule is CC(CN)Nc1ccc(-n2ccnc2)nc1. The molecule has 2 heterocycles. The van der Waals surface area contributed by atoms with Crippen molar-refractivity contribution in [3.8, 4) is 5.82 Å². The molecule has 84 valence electrons. The summed E-state index contributed by atoms with van der Waals surface area (Å²) < 4.78 is 1.86. The van der Waals surface area contributed by atoms with E-state index in [2.05, 4.69) is 15.3 Å². The van der Waals surface area contributed by atoms with Crippen molar-refractivity contribution < 1.29 is 0 Å². The minimum absolute atomic E-state index is 0.251. The van der Waals surface area contributed by atoms with E-state index < -0.39 is 0 Å². The van der Waals surface area contributed by atoms with Gasteiger partial charge in [0.05, 0.1) is 11.9 Å². The van der Waals surface area contributed by atoms with E-state index in [0.29, 0.717) is 6.54 Å². The van der Waals surface area contributed by atoms with E-state index in [0.717, 1.165) is 11.5 Å². The topological polar surface area (TPSA) is 68.8 Å². The van der Waals surface area contributed by atoms with E-state index in [4.69, 9.17) is 5.73 Å². The first-order valence-corrected chi connectivity index (χ1v) is 5.20. The number of nitrogens with one attached hydrogen (secondary N) is 1. The lowest BCUT2D eigenvalue weighted by molar-refractivity contribution is 0.802. The lowest BCUT2D eigenvalue weighted by Gasteiger charge is -2.12. The highest BCUT2D eigenvalue weighted by atomic mass is 15.1. The summed E-state index contributed by atoms with van der Waals surface area (Å²) in [6.07, 6.45) is 7.10. The van der Waals surface area contributed by atoms with Gasteiger partial charge in [-0.3, -0.25) is 4.57 Å². The maximum absolute atomic E-state index is 5.53. The Morgan fingerprint density at radius 2 is 2.38 bits per heavy atom. The molecule has 5 heteroatoms. The Hall–Kier alpha value is -1.88. The van der Waals surface area contributed by atoms with Gasteiger partial charge in [0.1, 0.15) is 12.1 Å². The van der Waals surface area contributed by atoms with Crippen LogP contribution in [0.4, 0.5) is 5.69 Å². The Morgan fingerprint density at radius 1 is 1.50 bits per heavy atom. The molecule has 16 heavy (non-hydrogen) atoms. The summed E-state index contributed by atoms with van der Waals surface area (Å²) in [5.74, 6) is 0.850. The Morgan fingerprint density at radius 3 is 2.94 bits per heavy atom. The van der Waals surface area contributed by atoms with Crippen LogP contribution in [0.25, 0.3) is 5.82 Å². The smallest absolute Gasteiger partial charge is 0.137 e. The molecule has 0 bridgehead atoms. The van der Waals surface area contributed by atoms with Crippen molar-refractivity contribution >= 4 is 5.69 Å². The van der Waals surface area contributed by atoms with Crippen LogP contribution >= 0.6 is 0 Å². The van der Waals surface area contributed by atoms with Crippen LogP contribution in [0.3, 0.4) is 0 Å². The zero-order valence-electron chi connectivity index (χ0n) is 9.17. The molecule has 1 atom stereocenters. The third kappa shape index (κ3) is 2.38. The van der Waals surface area contributed by atoms with Crippen LogP contribution < -0.4 is 11.1 Å². The van der Waals surface area contributed by atoms with Gasteiger partial charge in [0.15, 0.2) is 0 Å². The van der Waals surface area contributed by atoms with Gasteiger partial charge < -0.3 is 11.1 Å². The van der Waals surface area contributed by atoms with Crippen molar-refractivity contribution in [3.05, 3.63) is 37.1 Å². The number of nitrogens with zero attached hydrogens (tertiary/aromatic N) is 3. The van der Waals surface area contributed by atoms with Crippen molar-refractivity contribution in [1.29, 1.82) is 0 Å². The maximum Gasteiger partial charge on any atom is 0.137 e. The second-order valence-electron chi connectivity index (χ2n) is 3.66. The first-order chi connectivity index (χ1) is 7.79. The summed E-state index contributed by atoms with van der Waals surface area (Å²) in [5, 5.41) is 3.25. The highest BCUT2D eigenvalue weighted by Crippen LogP contribution is 2.10. The fourth-order valence-corrected chi connectivity index (χ4v) is 1.36. The summed E-state index contributed by atoms with van der Waals surface area (Å²) >= 11 is 0. The molecule has 0 amide bonds. The second-order valence-corrected chi connectivity index (χ2v) is 3.66. The standard InChI is InChI=1S/C11H15N5/c1-9(6-12)15-10-2-3-11(14-7-10)16-5-4-13-8-16/h2-5,7-9,15H,6,12H2,1H3. The maximum atomic E-state index is 5.53. The summed E-state index contributed by atoms with van der Waals surface area (Å²) in [6.45, 7) is 2.63. The van der Waals surface area contributed by atoms with E-state index in [9.17, 15) is 0 Å². The highest BCUT2D eigenvalue weighted by Gasteiger charge is 2.00. The summed E-state index contributed by atoms with van der Waals surface area (Å²) in [5.41, 5.74) is 6.51. The van der Waals surface area contributed by atoms with E-state index >= 15 is 0 Å². The Labute approximate surface area is 94.3 Å². The molecule has 2 rings (SSSR count). The quantitative estimate of drug-likeness (QED) is 0.802. The van der Waals surface area contributed by atoms with Crippen LogP contribution in [0.2, 0.25) is 0 Å². The lowest BCUT2D eigenvalue weighted by atomic mass is 10.3. The van der Waals surface area contributed by atoms with Gasteiger partial charge in [-0.2, -0.15) is 0 Å². The number of hydrogen-bond acceptors (Lipinski definition) is 4. The predicted molar refractivity (Wildman–Crippen MR) is 63.5 cm³/mol. The molecule has 0 radical (unpaired) electrons. The molecule has 0 aliphatic rings. The Balaban J connectivity index is 2.11. The highest BCUT2D eigenvalue weighted by molar-refractivity contribution is 5.44. The van der Waals surface area contributed by atoms with Crippen LogP contribution in [0.15, 0.2) is 37.1 Å². The molecule has 5 nitrogen and oxygen atoms in total. The molecule has 0 aliphatic heterocycles. The van der Waals surface area contributed by atoms with E-state index in [1.807, 2.05) is 29.8 Å². The number of nitrogens with two attached hydrogens (primary N) is 1. The third-order valence-corrected chi connectivity index (χ3v) is 2.28. The van der Waals surface area contributed by atoms with Crippen molar-refractivity contribution in [3.63, 3.8) is 0 Å². The molecular formula is C11H15N5. The van der Waals surface area contributed by atoms with Crippen molar-refractivity contribution in [1.82, 2.24) is 14.5 Å². The minimum Gasteiger partial charge on any atom is -0.380 e. The molecule has 0 aliphatic carbocycles. The van der Waals surface area contributed by atoms with Crippen LogP contribution in [-0.4, -0.2) is 27.1 Å². The van der Waals surface area contributed by atoms with Gasteiger partial charge in [-0.05, 0) is 19.1 Å². The van der Waals surface area contributed by atoms with Crippen molar-refractivity contribution in [2.75, 3.05) is 11.9 Å². The van der Waals surface area contributed by atoms with E-state index in [1.165, 1.54) is 0 Å². The lowest BCUT2D eigenvalue weighted by Crippen LogP contribution is -2.25. The monoisotopic (exact) mass is 217 g/mol. The van der Waals surface area contributed by atoms with E-state index in [-0.39, 0.29) is 6.04 Å². The Kier molecular flexibility index (Phi) is 3.16. The number of pyridine rings is 1. The van der Waals surface area contributed by atoms with E-state index in [1.54, 1.807) is 18.7 Å². The molecule has 0 spiro atoms. The summed E-state index contributed by atoms with van der Waals surface area (Å²) in [6, 6.07) is 4.17. The molecule has 0 saturated heterocycles. The van der Waals surface area contributed by atoms with Crippen LogP contribution in [-0.2, 0) is 0 Å². The summed E-state index contributed by atoms with van der Waals surface area (Å²) in [4.78, 5) is 8.30. The van der Waals surface area contributed by atoms with Gasteiger partial charge in [-0.1, -0.05) is 0 Å². The predicted octanol–water partition coefficient (Wildman–Crippen LogP) is 1.03. The number of aromatic nitrogens is 3. The molecule has 1 unspecified atom stereocenters. The zero-order chi connectivity index (χ0) is 11.4. The normalized spacial score (nSPS) is 12.4. The Bertz CT molecular complexity index is 420. The molecule has 0 fully saturated rings. The molecular weight excluding hydrogens is 202 g/mol.